The number of methoxy groups -OCH3 is 1. The van der Waals surface area contributed by atoms with Crippen LogP contribution in [0.5, 0.6) is 5.75 Å². The SMILES string of the molecule is COc1ccc(NC(=O)N(CCNC(=O)NC23CC4CC(CC(C4)C2)C3)c2ccc(F)cc2)cc1. The lowest BCUT2D eigenvalue weighted by molar-refractivity contribution is -0.0135. The van der Waals surface area contributed by atoms with Gasteiger partial charge in [-0.2, -0.15) is 0 Å². The zero-order valence-corrected chi connectivity index (χ0v) is 20.1. The Morgan fingerprint density at radius 2 is 1.57 bits per heavy atom. The lowest BCUT2D eigenvalue weighted by atomic mass is 9.53. The van der Waals surface area contributed by atoms with Gasteiger partial charge in [0, 0.05) is 30.0 Å². The second-order valence-corrected chi connectivity index (χ2v) is 10.4. The molecule has 0 atom stereocenters. The summed E-state index contributed by atoms with van der Waals surface area (Å²) in [6.07, 6.45) is 7.20. The molecule has 8 heteroatoms. The summed E-state index contributed by atoms with van der Waals surface area (Å²) in [5.41, 5.74) is 1.08. The summed E-state index contributed by atoms with van der Waals surface area (Å²) in [6.45, 7) is 0.507. The molecule has 4 aliphatic rings. The number of nitrogens with zero attached hydrogens (tertiary/aromatic N) is 1. The van der Waals surface area contributed by atoms with Crippen LogP contribution in [-0.2, 0) is 0 Å². The van der Waals surface area contributed by atoms with Gasteiger partial charge in [0.15, 0.2) is 0 Å². The molecule has 0 radical (unpaired) electrons. The number of hydrogen-bond donors (Lipinski definition) is 3. The van der Waals surface area contributed by atoms with Gasteiger partial charge in [-0.3, -0.25) is 4.90 Å². The van der Waals surface area contributed by atoms with E-state index in [1.165, 1.54) is 36.3 Å². The molecule has 4 fully saturated rings. The van der Waals surface area contributed by atoms with E-state index < -0.39 is 0 Å². The maximum absolute atomic E-state index is 13.5. The highest BCUT2D eigenvalue weighted by Gasteiger charge is 2.51. The molecule has 4 bridgehead atoms. The number of carbonyl (C=O) groups excluding carboxylic acids is 2. The number of urea groups is 2. The van der Waals surface area contributed by atoms with Crippen LogP contribution in [0.4, 0.5) is 25.4 Å². The van der Waals surface area contributed by atoms with Gasteiger partial charge >= 0.3 is 12.1 Å². The predicted octanol–water partition coefficient (Wildman–Crippen LogP) is 5.14. The Hall–Kier alpha value is -3.29. The van der Waals surface area contributed by atoms with E-state index in [0.717, 1.165) is 37.0 Å². The Morgan fingerprint density at radius 1 is 0.971 bits per heavy atom. The third kappa shape index (κ3) is 5.36. The summed E-state index contributed by atoms with van der Waals surface area (Å²) in [7, 11) is 1.58. The van der Waals surface area contributed by atoms with E-state index in [2.05, 4.69) is 16.0 Å². The minimum atomic E-state index is -0.377. The minimum Gasteiger partial charge on any atom is -0.497 e. The average Bonchev–Trinajstić information content (AvgIpc) is 2.82. The zero-order chi connectivity index (χ0) is 24.4. The molecule has 0 aliphatic heterocycles. The summed E-state index contributed by atoms with van der Waals surface area (Å²) in [5, 5.41) is 9.09. The summed E-state index contributed by atoms with van der Waals surface area (Å²) in [5.74, 6) is 2.55. The van der Waals surface area contributed by atoms with Crippen LogP contribution in [0.25, 0.3) is 0 Å². The van der Waals surface area contributed by atoms with Crippen LogP contribution >= 0.6 is 0 Å². The Morgan fingerprint density at radius 3 is 2.14 bits per heavy atom. The third-order valence-corrected chi connectivity index (χ3v) is 7.76. The largest absolute Gasteiger partial charge is 0.497 e. The van der Waals surface area contributed by atoms with E-state index in [-0.39, 0.29) is 36.5 Å². The number of halogens is 1. The molecule has 6 rings (SSSR count). The topological polar surface area (TPSA) is 82.7 Å². The molecule has 2 aromatic rings. The molecule has 4 aliphatic carbocycles. The number of anilines is 2. The van der Waals surface area contributed by atoms with E-state index in [1.807, 2.05) is 0 Å². The number of ether oxygens (including phenoxy) is 1. The molecule has 4 amide bonds. The standard InChI is InChI=1S/C27H33FN4O3/c1-35-24-8-4-22(5-9-24)30-26(34)32(23-6-2-21(28)3-7-23)11-10-29-25(33)31-27-15-18-12-19(16-27)14-20(13-18)17-27/h2-9,18-20H,10-17H2,1H3,(H,30,34)(H2,29,31,33). The normalized spacial score (nSPS) is 26.2. The minimum absolute atomic E-state index is 0.0682. The van der Waals surface area contributed by atoms with Gasteiger partial charge < -0.3 is 20.7 Å². The number of carbonyl (C=O) groups is 2. The summed E-state index contributed by atoms with van der Waals surface area (Å²) in [4.78, 5) is 27.4. The smallest absolute Gasteiger partial charge is 0.326 e. The van der Waals surface area contributed by atoms with Gasteiger partial charge in [-0.15, -0.1) is 0 Å². The van der Waals surface area contributed by atoms with E-state index in [9.17, 15) is 14.0 Å². The molecule has 0 unspecified atom stereocenters. The molecule has 0 aromatic heterocycles. The monoisotopic (exact) mass is 480 g/mol. The number of amides is 4. The molecule has 186 valence electrons. The Kier molecular flexibility index (Phi) is 6.54. The highest BCUT2D eigenvalue weighted by Crippen LogP contribution is 2.55. The maximum Gasteiger partial charge on any atom is 0.326 e. The van der Waals surface area contributed by atoms with Crippen molar-refractivity contribution >= 4 is 23.4 Å². The van der Waals surface area contributed by atoms with Gasteiger partial charge in [0.1, 0.15) is 11.6 Å². The Balaban J connectivity index is 1.20. The first-order valence-corrected chi connectivity index (χ1v) is 12.5. The van der Waals surface area contributed by atoms with Crippen LogP contribution in [0.15, 0.2) is 48.5 Å². The summed E-state index contributed by atoms with van der Waals surface area (Å²) < 4.78 is 18.6. The van der Waals surface area contributed by atoms with Crippen molar-refractivity contribution in [3.8, 4) is 5.75 Å². The Labute approximate surface area is 205 Å². The molecule has 3 N–H and O–H groups in total. The highest BCUT2D eigenvalue weighted by atomic mass is 19.1. The van der Waals surface area contributed by atoms with Gasteiger partial charge in [0.05, 0.1) is 7.11 Å². The van der Waals surface area contributed by atoms with Gasteiger partial charge in [0.25, 0.3) is 0 Å². The van der Waals surface area contributed by atoms with Gasteiger partial charge in [-0.25, -0.2) is 14.0 Å². The van der Waals surface area contributed by atoms with Crippen LogP contribution in [0.3, 0.4) is 0 Å². The number of nitrogens with one attached hydrogen (secondary N) is 3. The first kappa shape index (κ1) is 23.5. The van der Waals surface area contributed by atoms with E-state index >= 15 is 0 Å². The summed E-state index contributed by atoms with van der Waals surface area (Å²) in [6, 6.07) is 12.2. The molecule has 4 saturated carbocycles. The van der Waals surface area contributed by atoms with Crippen molar-refractivity contribution in [3.63, 3.8) is 0 Å². The van der Waals surface area contributed by atoms with Gasteiger partial charge in [0.2, 0.25) is 0 Å². The fraction of sp³-hybridized carbons (Fsp3) is 0.481. The first-order chi connectivity index (χ1) is 16.9. The quantitative estimate of drug-likeness (QED) is 0.513. The van der Waals surface area contributed by atoms with Crippen molar-refractivity contribution in [3.05, 3.63) is 54.3 Å². The summed E-state index contributed by atoms with van der Waals surface area (Å²) >= 11 is 0. The number of benzene rings is 2. The van der Waals surface area contributed by atoms with E-state index in [1.54, 1.807) is 43.5 Å². The molecule has 35 heavy (non-hydrogen) atoms. The number of rotatable bonds is 7. The third-order valence-electron chi connectivity index (χ3n) is 7.76. The van der Waals surface area contributed by atoms with Crippen LogP contribution in [0.2, 0.25) is 0 Å². The van der Waals surface area contributed by atoms with Crippen molar-refractivity contribution < 1.29 is 18.7 Å². The van der Waals surface area contributed by atoms with E-state index in [0.29, 0.717) is 17.1 Å². The van der Waals surface area contributed by atoms with Crippen LogP contribution in [0, 0.1) is 23.6 Å². The lowest BCUT2D eigenvalue weighted by Gasteiger charge is -2.56. The highest BCUT2D eigenvalue weighted by molar-refractivity contribution is 6.01. The second kappa shape index (κ2) is 9.76. The van der Waals surface area contributed by atoms with Gasteiger partial charge in [-0.05, 0) is 105 Å². The second-order valence-electron chi connectivity index (χ2n) is 10.4. The molecule has 2 aromatic carbocycles. The fourth-order valence-electron chi connectivity index (χ4n) is 6.66. The molecular weight excluding hydrogens is 447 g/mol. The van der Waals surface area contributed by atoms with Crippen molar-refractivity contribution in [1.29, 1.82) is 0 Å². The average molecular weight is 481 g/mol. The molecule has 7 nitrogen and oxygen atoms in total. The van der Waals surface area contributed by atoms with Crippen LogP contribution in [0.1, 0.15) is 38.5 Å². The van der Waals surface area contributed by atoms with Crippen molar-refractivity contribution in [2.24, 2.45) is 17.8 Å². The lowest BCUT2D eigenvalue weighted by Crippen LogP contribution is -2.61. The van der Waals surface area contributed by atoms with Gasteiger partial charge in [-0.1, -0.05) is 0 Å². The van der Waals surface area contributed by atoms with Crippen LogP contribution in [-0.4, -0.2) is 37.8 Å². The zero-order valence-electron chi connectivity index (χ0n) is 20.1. The van der Waals surface area contributed by atoms with Crippen molar-refractivity contribution in [1.82, 2.24) is 10.6 Å². The Bertz CT molecular complexity index is 1020. The van der Waals surface area contributed by atoms with Crippen molar-refractivity contribution in [2.75, 3.05) is 30.4 Å². The molecule has 0 heterocycles. The first-order valence-electron chi connectivity index (χ1n) is 12.5. The molecular formula is C27H33FN4O3. The molecule has 0 spiro atoms. The predicted molar refractivity (Wildman–Crippen MR) is 133 cm³/mol. The van der Waals surface area contributed by atoms with E-state index in [4.69, 9.17) is 4.74 Å². The number of hydrogen-bond acceptors (Lipinski definition) is 3. The van der Waals surface area contributed by atoms with Crippen molar-refractivity contribution in [2.45, 2.75) is 44.1 Å². The maximum atomic E-state index is 13.5. The molecule has 0 saturated heterocycles. The van der Waals surface area contributed by atoms with Crippen LogP contribution < -0.4 is 25.6 Å². The fourth-order valence-corrected chi connectivity index (χ4v) is 6.66.